The Labute approximate surface area is 72.3 Å². The summed E-state index contributed by atoms with van der Waals surface area (Å²) in [5.74, 6) is 0.768. The van der Waals surface area contributed by atoms with Crippen molar-refractivity contribution >= 4 is 0 Å². The first-order valence-electron chi connectivity index (χ1n) is 3.98. The van der Waals surface area contributed by atoms with Crippen LogP contribution in [0.5, 0.6) is 5.88 Å². The maximum Gasteiger partial charge on any atom is 0.211 e. The zero-order valence-corrected chi connectivity index (χ0v) is 7.74. The molecule has 0 fully saturated rings. The number of aromatic nitrogens is 2. The zero-order chi connectivity index (χ0) is 9.14. The molecule has 0 spiro atoms. The highest BCUT2D eigenvalue weighted by atomic mass is 16.5. The van der Waals surface area contributed by atoms with Crippen molar-refractivity contribution in [2.75, 3.05) is 6.61 Å². The van der Waals surface area contributed by atoms with Crippen molar-refractivity contribution in [2.24, 2.45) is 12.8 Å². The van der Waals surface area contributed by atoms with Crippen molar-refractivity contribution in [3.05, 3.63) is 11.8 Å². The highest BCUT2D eigenvalue weighted by molar-refractivity contribution is 5.14. The summed E-state index contributed by atoms with van der Waals surface area (Å²) in [4.78, 5) is 0. The Morgan fingerprint density at radius 2 is 2.42 bits per heavy atom. The molecule has 1 heterocycles. The average molecular weight is 169 g/mol. The fraction of sp³-hybridized carbons (Fsp3) is 0.625. The van der Waals surface area contributed by atoms with E-state index in [1.165, 1.54) is 0 Å². The summed E-state index contributed by atoms with van der Waals surface area (Å²) < 4.78 is 7.10. The van der Waals surface area contributed by atoms with E-state index in [9.17, 15) is 0 Å². The fourth-order valence-corrected chi connectivity index (χ4v) is 0.939. The molecule has 0 radical (unpaired) electrons. The quantitative estimate of drug-likeness (QED) is 0.715. The predicted octanol–water partition coefficient (Wildman–Crippen LogP) is 0.455. The lowest BCUT2D eigenvalue weighted by molar-refractivity contribution is 0.272. The predicted molar refractivity (Wildman–Crippen MR) is 47.1 cm³/mol. The second-order valence-electron chi connectivity index (χ2n) is 3.04. The van der Waals surface area contributed by atoms with E-state index in [2.05, 4.69) is 5.10 Å². The molecule has 12 heavy (non-hydrogen) atoms. The fourth-order valence-electron chi connectivity index (χ4n) is 0.939. The van der Waals surface area contributed by atoms with Crippen molar-refractivity contribution < 1.29 is 4.74 Å². The highest BCUT2D eigenvalue weighted by Crippen LogP contribution is 2.10. The number of rotatable bonds is 3. The number of hydrogen-bond donors (Lipinski definition) is 1. The Morgan fingerprint density at radius 1 is 1.75 bits per heavy atom. The lowest BCUT2D eigenvalue weighted by atomic mass is 10.4. The van der Waals surface area contributed by atoms with E-state index in [1.54, 1.807) is 4.68 Å². The zero-order valence-electron chi connectivity index (χ0n) is 7.74. The molecule has 0 aliphatic rings. The van der Waals surface area contributed by atoms with Crippen LogP contribution in [0.3, 0.4) is 0 Å². The first-order chi connectivity index (χ1) is 5.59. The maximum absolute atomic E-state index is 5.54. The van der Waals surface area contributed by atoms with E-state index in [4.69, 9.17) is 10.5 Å². The van der Waals surface area contributed by atoms with Crippen molar-refractivity contribution in [2.45, 2.75) is 19.9 Å². The minimum atomic E-state index is 0.0557. The van der Waals surface area contributed by atoms with Crippen molar-refractivity contribution in [1.82, 2.24) is 9.78 Å². The van der Waals surface area contributed by atoms with Gasteiger partial charge in [0.25, 0.3) is 0 Å². The molecule has 0 amide bonds. The summed E-state index contributed by atoms with van der Waals surface area (Å²) >= 11 is 0. The molecule has 0 aromatic carbocycles. The Hall–Kier alpha value is -1.03. The van der Waals surface area contributed by atoms with E-state index in [1.807, 2.05) is 27.0 Å². The van der Waals surface area contributed by atoms with Crippen molar-refractivity contribution in [3.8, 4) is 5.88 Å². The standard InChI is InChI=1S/C8H15N3O/c1-6(9)5-12-8-4-7(2)10-11(8)3/h4,6H,5,9H2,1-3H3. The molecule has 4 heteroatoms. The molecule has 0 aliphatic carbocycles. The molecule has 4 nitrogen and oxygen atoms in total. The van der Waals surface area contributed by atoms with Crippen LogP contribution in [0.1, 0.15) is 12.6 Å². The molecule has 68 valence electrons. The normalized spacial score (nSPS) is 13.0. The van der Waals surface area contributed by atoms with Gasteiger partial charge >= 0.3 is 0 Å². The van der Waals surface area contributed by atoms with E-state index in [0.29, 0.717) is 6.61 Å². The molecule has 2 N–H and O–H groups in total. The molecule has 1 aromatic rings. The molecule has 1 rings (SSSR count). The second kappa shape index (κ2) is 3.58. The third-order valence-corrected chi connectivity index (χ3v) is 1.45. The highest BCUT2D eigenvalue weighted by Gasteiger charge is 2.03. The molecule has 0 bridgehead atoms. The number of nitrogens with zero attached hydrogens (tertiary/aromatic N) is 2. The van der Waals surface area contributed by atoms with Crippen LogP contribution in [0.2, 0.25) is 0 Å². The van der Waals surface area contributed by atoms with E-state index in [0.717, 1.165) is 11.6 Å². The lowest BCUT2D eigenvalue weighted by Gasteiger charge is -2.07. The average Bonchev–Trinajstić information content (AvgIpc) is 2.26. The summed E-state index contributed by atoms with van der Waals surface area (Å²) in [6.07, 6.45) is 0. The van der Waals surface area contributed by atoms with Gasteiger partial charge in [0.15, 0.2) is 0 Å². The summed E-state index contributed by atoms with van der Waals surface area (Å²) in [5, 5.41) is 4.14. The van der Waals surface area contributed by atoms with E-state index < -0.39 is 0 Å². The van der Waals surface area contributed by atoms with E-state index in [-0.39, 0.29) is 6.04 Å². The molecule has 0 saturated carbocycles. The van der Waals surface area contributed by atoms with Gasteiger partial charge in [-0.1, -0.05) is 0 Å². The smallest absolute Gasteiger partial charge is 0.211 e. The van der Waals surface area contributed by atoms with Crippen LogP contribution in [0, 0.1) is 6.92 Å². The van der Waals surface area contributed by atoms with Crippen LogP contribution >= 0.6 is 0 Å². The summed E-state index contributed by atoms with van der Waals surface area (Å²) in [6.45, 7) is 4.36. The molecule has 0 saturated heterocycles. The summed E-state index contributed by atoms with van der Waals surface area (Å²) in [7, 11) is 1.85. The first-order valence-corrected chi connectivity index (χ1v) is 3.98. The van der Waals surface area contributed by atoms with Crippen LogP contribution in [0.25, 0.3) is 0 Å². The lowest BCUT2D eigenvalue weighted by Crippen LogP contribution is -2.24. The Balaban J connectivity index is 2.57. The molecular formula is C8H15N3O. The SMILES string of the molecule is Cc1cc(OCC(C)N)n(C)n1. The van der Waals surface area contributed by atoms with Gasteiger partial charge < -0.3 is 10.5 Å². The van der Waals surface area contributed by atoms with Gasteiger partial charge in [-0.3, -0.25) is 0 Å². The number of ether oxygens (including phenoxy) is 1. The van der Waals surface area contributed by atoms with Gasteiger partial charge in [0.2, 0.25) is 5.88 Å². The van der Waals surface area contributed by atoms with Crippen LogP contribution in [-0.4, -0.2) is 22.4 Å². The third-order valence-electron chi connectivity index (χ3n) is 1.45. The second-order valence-corrected chi connectivity index (χ2v) is 3.04. The number of aryl methyl sites for hydroxylation is 2. The minimum absolute atomic E-state index is 0.0557. The van der Waals surface area contributed by atoms with Crippen LogP contribution in [0.4, 0.5) is 0 Å². The Bertz CT molecular complexity index is 255. The minimum Gasteiger partial charge on any atom is -0.476 e. The Morgan fingerprint density at radius 3 is 2.83 bits per heavy atom. The summed E-state index contributed by atoms with van der Waals surface area (Å²) in [5.41, 5.74) is 6.50. The van der Waals surface area contributed by atoms with Crippen molar-refractivity contribution in [1.29, 1.82) is 0 Å². The number of nitrogens with two attached hydrogens (primary N) is 1. The molecular weight excluding hydrogens is 154 g/mol. The monoisotopic (exact) mass is 169 g/mol. The van der Waals surface area contributed by atoms with Gasteiger partial charge in [-0.2, -0.15) is 5.10 Å². The molecule has 1 aromatic heterocycles. The third kappa shape index (κ3) is 2.23. The largest absolute Gasteiger partial charge is 0.476 e. The van der Waals surface area contributed by atoms with Gasteiger partial charge in [-0.15, -0.1) is 0 Å². The van der Waals surface area contributed by atoms with Gasteiger partial charge in [0, 0.05) is 19.2 Å². The van der Waals surface area contributed by atoms with Gasteiger partial charge in [0.05, 0.1) is 5.69 Å². The number of hydrogen-bond acceptors (Lipinski definition) is 3. The molecule has 1 unspecified atom stereocenters. The Kier molecular flexibility index (Phi) is 2.70. The van der Waals surface area contributed by atoms with Gasteiger partial charge in [0.1, 0.15) is 6.61 Å². The molecule has 1 atom stereocenters. The van der Waals surface area contributed by atoms with Gasteiger partial charge in [-0.05, 0) is 13.8 Å². The van der Waals surface area contributed by atoms with Crippen molar-refractivity contribution in [3.63, 3.8) is 0 Å². The molecule has 0 aliphatic heterocycles. The van der Waals surface area contributed by atoms with E-state index >= 15 is 0 Å². The van der Waals surface area contributed by atoms with Gasteiger partial charge in [-0.25, -0.2) is 4.68 Å². The summed E-state index contributed by atoms with van der Waals surface area (Å²) in [6, 6.07) is 1.95. The van der Waals surface area contributed by atoms with Crippen LogP contribution in [-0.2, 0) is 7.05 Å². The first kappa shape index (κ1) is 9.06. The topological polar surface area (TPSA) is 53.1 Å². The van der Waals surface area contributed by atoms with Crippen LogP contribution < -0.4 is 10.5 Å². The van der Waals surface area contributed by atoms with Crippen LogP contribution in [0.15, 0.2) is 6.07 Å². The maximum atomic E-state index is 5.54.